The highest BCUT2D eigenvalue weighted by molar-refractivity contribution is 5.80. The zero-order valence-electron chi connectivity index (χ0n) is 15.7. The first-order chi connectivity index (χ1) is 13.2. The summed E-state index contributed by atoms with van der Waals surface area (Å²) < 4.78 is 0. The molecule has 0 aliphatic heterocycles. The lowest BCUT2D eigenvalue weighted by Crippen LogP contribution is -2.38. The Morgan fingerprint density at radius 1 is 0.778 bits per heavy atom. The fourth-order valence-corrected chi connectivity index (χ4v) is 3.59. The van der Waals surface area contributed by atoms with Crippen LogP contribution in [0.1, 0.15) is 37.7 Å². The van der Waals surface area contributed by atoms with E-state index < -0.39 is 0 Å². The first-order valence-electron chi connectivity index (χ1n) is 9.91. The Kier molecular flexibility index (Phi) is 7.03. The Morgan fingerprint density at radius 3 is 2.11 bits per heavy atom. The van der Waals surface area contributed by atoms with Crippen molar-refractivity contribution in [3.8, 4) is 11.1 Å². The summed E-state index contributed by atoms with van der Waals surface area (Å²) >= 11 is 0. The number of rotatable bonds is 7. The lowest BCUT2D eigenvalue weighted by atomic mass is 9.89. The van der Waals surface area contributed by atoms with Crippen molar-refractivity contribution in [1.29, 1.82) is 0 Å². The molecule has 0 atom stereocenters. The molecule has 0 bridgehead atoms. The lowest BCUT2D eigenvalue weighted by Gasteiger charge is -2.20. The van der Waals surface area contributed by atoms with Gasteiger partial charge in [-0.3, -0.25) is 9.59 Å². The molecule has 27 heavy (non-hydrogen) atoms. The molecular formula is C23H28N2O2. The Balaban J connectivity index is 1.37. The fraction of sp³-hybridized carbons (Fsp3) is 0.391. The quantitative estimate of drug-likeness (QED) is 0.736. The predicted molar refractivity (Wildman–Crippen MR) is 108 cm³/mol. The second-order valence-electron chi connectivity index (χ2n) is 7.22. The van der Waals surface area contributed by atoms with Crippen LogP contribution in [0.5, 0.6) is 0 Å². The molecule has 2 amide bonds. The smallest absolute Gasteiger partial charge is 0.224 e. The van der Waals surface area contributed by atoms with Gasteiger partial charge in [-0.25, -0.2) is 0 Å². The summed E-state index contributed by atoms with van der Waals surface area (Å²) in [6, 6.07) is 18.3. The molecule has 2 aromatic rings. The molecule has 142 valence electrons. The standard InChI is InChI=1S/C23H28N2O2/c26-22(24-15-16-25-23(27)21-9-5-2-6-10-21)17-18-11-13-20(14-12-18)19-7-3-1-4-8-19/h1,3-4,7-8,11-14,21H,2,5-6,9-10,15-17H2,(H,24,26)(H,25,27). The van der Waals surface area contributed by atoms with E-state index in [1.165, 1.54) is 12.0 Å². The zero-order valence-corrected chi connectivity index (χ0v) is 15.7. The van der Waals surface area contributed by atoms with Crippen LogP contribution in [0.2, 0.25) is 0 Å². The highest BCUT2D eigenvalue weighted by atomic mass is 16.2. The summed E-state index contributed by atoms with van der Waals surface area (Å²) in [6.07, 6.45) is 5.89. The van der Waals surface area contributed by atoms with Crippen molar-refractivity contribution in [1.82, 2.24) is 10.6 Å². The van der Waals surface area contributed by atoms with Crippen molar-refractivity contribution >= 4 is 11.8 Å². The van der Waals surface area contributed by atoms with E-state index in [0.717, 1.165) is 36.8 Å². The third-order valence-electron chi connectivity index (χ3n) is 5.15. The van der Waals surface area contributed by atoms with Crippen LogP contribution in [0, 0.1) is 5.92 Å². The van der Waals surface area contributed by atoms with Gasteiger partial charge in [0.25, 0.3) is 0 Å². The van der Waals surface area contributed by atoms with E-state index in [2.05, 4.69) is 22.8 Å². The minimum atomic E-state index is -0.0191. The van der Waals surface area contributed by atoms with Crippen molar-refractivity contribution in [2.24, 2.45) is 5.92 Å². The maximum Gasteiger partial charge on any atom is 0.224 e. The maximum atomic E-state index is 12.1. The molecule has 3 rings (SSSR count). The van der Waals surface area contributed by atoms with Gasteiger partial charge in [0.05, 0.1) is 6.42 Å². The van der Waals surface area contributed by atoms with E-state index in [-0.39, 0.29) is 17.7 Å². The van der Waals surface area contributed by atoms with E-state index in [1.807, 2.05) is 42.5 Å². The molecule has 0 saturated heterocycles. The number of carbonyl (C=O) groups is 2. The van der Waals surface area contributed by atoms with Gasteiger partial charge >= 0.3 is 0 Å². The molecule has 2 N–H and O–H groups in total. The van der Waals surface area contributed by atoms with E-state index >= 15 is 0 Å². The summed E-state index contributed by atoms with van der Waals surface area (Å²) in [6.45, 7) is 0.966. The third kappa shape index (κ3) is 5.95. The average molecular weight is 364 g/mol. The van der Waals surface area contributed by atoms with Gasteiger partial charge in [0, 0.05) is 19.0 Å². The van der Waals surface area contributed by atoms with E-state index in [4.69, 9.17) is 0 Å². The van der Waals surface area contributed by atoms with Gasteiger partial charge in [0.2, 0.25) is 11.8 Å². The third-order valence-corrected chi connectivity index (χ3v) is 5.15. The minimum absolute atomic E-state index is 0.0191. The molecular weight excluding hydrogens is 336 g/mol. The number of hydrogen-bond acceptors (Lipinski definition) is 2. The minimum Gasteiger partial charge on any atom is -0.354 e. The molecule has 1 saturated carbocycles. The molecule has 0 heterocycles. The van der Waals surface area contributed by atoms with Gasteiger partial charge in [-0.15, -0.1) is 0 Å². The monoisotopic (exact) mass is 364 g/mol. The van der Waals surface area contributed by atoms with Gasteiger partial charge in [-0.2, -0.15) is 0 Å². The molecule has 1 fully saturated rings. The Bertz CT molecular complexity index is 735. The van der Waals surface area contributed by atoms with Crippen molar-refractivity contribution in [2.75, 3.05) is 13.1 Å². The fourth-order valence-electron chi connectivity index (χ4n) is 3.59. The second-order valence-corrected chi connectivity index (χ2v) is 7.22. The summed E-state index contributed by atoms with van der Waals surface area (Å²) in [5, 5.41) is 5.83. The number of hydrogen-bond donors (Lipinski definition) is 2. The van der Waals surface area contributed by atoms with Crippen LogP contribution in [0.15, 0.2) is 54.6 Å². The van der Waals surface area contributed by atoms with Crippen LogP contribution >= 0.6 is 0 Å². The van der Waals surface area contributed by atoms with Crippen molar-refractivity contribution in [3.63, 3.8) is 0 Å². The van der Waals surface area contributed by atoms with Crippen LogP contribution in [0.3, 0.4) is 0 Å². The molecule has 1 aliphatic rings. The van der Waals surface area contributed by atoms with Crippen molar-refractivity contribution in [3.05, 3.63) is 60.2 Å². The normalized spacial score (nSPS) is 14.5. The Hall–Kier alpha value is -2.62. The van der Waals surface area contributed by atoms with E-state index in [0.29, 0.717) is 19.5 Å². The molecule has 2 aromatic carbocycles. The predicted octanol–water partition coefficient (Wildman–Crippen LogP) is 3.71. The van der Waals surface area contributed by atoms with Crippen molar-refractivity contribution in [2.45, 2.75) is 38.5 Å². The molecule has 1 aliphatic carbocycles. The van der Waals surface area contributed by atoms with Gasteiger partial charge in [-0.05, 0) is 29.5 Å². The number of amides is 2. The van der Waals surface area contributed by atoms with Gasteiger partial charge in [0.15, 0.2) is 0 Å². The molecule has 0 aromatic heterocycles. The molecule has 4 nitrogen and oxygen atoms in total. The molecule has 0 spiro atoms. The van der Waals surface area contributed by atoms with Crippen LogP contribution < -0.4 is 10.6 Å². The van der Waals surface area contributed by atoms with E-state index in [1.54, 1.807) is 0 Å². The van der Waals surface area contributed by atoms with Gasteiger partial charge in [0.1, 0.15) is 0 Å². The Labute approximate surface area is 161 Å². The van der Waals surface area contributed by atoms with Crippen LogP contribution in [0.4, 0.5) is 0 Å². The number of nitrogens with one attached hydrogen (secondary N) is 2. The summed E-state index contributed by atoms with van der Waals surface area (Å²) in [5.74, 6) is 0.285. The second kappa shape index (κ2) is 9.91. The number of benzene rings is 2. The summed E-state index contributed by atoms with van der Waals surface area (Å²) in [5.41, 5.74) is 3.30. The van der Waals surface area contributed by atoms with Crippen LogP contribution in [0.25, 0.3) is 11.1 Å². The molecule has 0 unspecified atom stereocenters. The van der Waals surface area contributed by atoms with Crippen molar-refractivity contribution < 1.29 is 9.59 Å². The van der Waals surface area contributed by atoms with Crippen LogP contribution in [-0.2, 0) is 16.0 Å². The SMILES string of the molecule is O=C(Cc1ccc(-c2ccccc2)cc1)NCCNC(=O)C1CCCCC1. The highest BCUT2D eigenvalue weighted by Crippen LogP contribution is 2.23. The first kappa shape index (κ1) is 19.2. The maximum absolute atomic E-state index is 12.1. The van der Waals surface area contributed by atoms with Gasteiger partial charge in [-0.1, -0.05) is 73.9 Å². The first-order valence-corrected chi connectivity index (χ1v) is 9.91. The highest BCUT2D eigenvalue weighted by Gasteiger charge is 2.20. The largest absolute Gasteiger partial charge is 0.354 e. The summed E-state index contributed by atoms with van der Waals surface area (Å²) in [4.78, 5) is 24.1. The molecule has 4 heteroatoms. The average Bonchev–Trinajstić information content (AvgIpc) is 2.73. The van der Waals surface area contributed by atoms with Gasteiger partial charge < -0.3 is 10.6 Å². The number of carbonyl (C=O) groups excluding carboxylic acids is 2. The van der Waals surface area contributed by atoms with E-state index in [9.17, 15) is 9.59 Å². The lowest BCUT2D eigenvalue weighted by molar-refractivity contribution is -0.126. The van der Waals surface area contributed by atoms with Crippen LogP contribution in [-0.4, -0.2) is 24.9 Å². The summed E-state index contributed by atoms with van der Waals surface area (Å²) in [7, 11) is 0. The topological polar surface area (TPSA) is 58.2 Å². The zero-order chi connectivity index (χ0) is 18.9. The molecule has 0 radical (unpaired) electrons. The Morgan fingerprint density at radius 2 is 1.41 bits per heavy atom.